The first-order chi connectivity index (χ1) is 8.42. The molecule has 2 heterocycles. The molecule has 0 spiro atoms. The van der Waals surface area contributed by atoms with Crippen LogP contribution in [0.3, 0.4) is 0 Å². The zero-order valence-corrected chi connectivity index (χ0v) is 11.2. The molecule has 17 heavy (non-hydrogen) atoms. The average Bonchev–Trinajstić information content (AvgIpc) is 3.09. The molecule has 1 saturated heterocycles. The third-order valence-corrected chi connectivity index (χ3v) is 4.73. The van der Waals surface area contributed by atoms with Gasteiger partial charge in [0.2, 0.25) is 0 Å². The van der Waals surface area contributed by atoms with Gasteiger partial charge in [-0.3, -0.25) is 4.90 Å². The maximum atomic E-state index is 3.67. The average molecular weight is 250 g/mol. The van der Waals surface area contributed by atoms with E-state index in [4.69, 9.17) is 0 Å². The van der Waals surface area contributed by atoms with E-state index in [9.17, 15) is 0 Å². The van der Waals surface area contributed by atoms with Gasteiger partial charge in [0.05, 0.1) is 0 Å². The van der Waals surface area contributed by atoms with Gasteiger partial charge in [0.25, 0.3) is 0 Å². The molecule has 2 fully saturated rings. The van der Waals surface area contributed by atoms with E-state index in [0.717, 1.165) is 12.1 Å². The molecule has 1 aliphatic heterocycles. The standard InChI is InChI=1S/C14H22N2S/c1-2-8-15-12(4-1)10-16(13-6-7-13)11-14-5-3-9-17-14/h3,5,9,12-13,15H,1-2,4,6-8,10-11H2. The lowest BCUT2D eigenvalue weighted by atomic mass is 10.0. The summed E-state index contributed by atoms with van der Waals surface area (Å²) >= 11 is 1.90. The van der Waals surface area contributed by atoms with Crippen molar-refractivity contribution in [3.63, 3.8) is 0 Å². The minimum Gasteiger partial charge on any atom is -0.313 e. The Balaban J connectivity index is 1.56. The van der Waals surface area contributed by atoms with Gasteiger partial charge in [-0.15, -0.1) is 11.3 Å². The largest absolute Gasteiger partial charge is 0.313 e. The molecule has 0 aromatic carbocycles. The summed E-state index contributed by atoms with van der Waals surface area (Å²) in [5.74, 6) is 0. The number of nitrogens with zero attached hydrogens (tertiary/aromatic N) is 1. The molecule has 2 nitrogen and oxygen atoms in total. The van der Waals surface area contributed by atoms with Crippen LogP contribution in [0.15, 0.2) is 17.5 Å². The van der Waals surface area contributed by atoms with Crippen LogP contribution in [0, 0.1) is 0 Å². The van der Waals surface area contributed by atoms with Gasteiger partial charge in [-0.1, -0.05) is 12.5 Å². The molecule has 0 radical (unpaired) electrons. The van der Waals surface area contributed by atoms with Gasteiger partial charge in [0.1, 0.15) is 0 Å². The van der Waals surface area contributed by atoms with Crippen LogP contribution in [-0.2, 0) is 6.54 Å². The van der Waals surface area contributed by atoms with Gasteiger partial charge >= 0.3 is 0 Å². The number of rotatable bonds is 5. The van der Waals surface area contributed by atoms with E-state index in [1.807, 2.05) is 11.3 Å². The first-order valence-corrected chi connectivity index (χ1v) is 7.79. The predicted molar refractivity (Wildman–Crippen MR) is 73.4 cm³/mol. The van der Waals surface area contributed by atoms with Crippen LogP contribution in [0.4, 0.5) is 0 Å². The zero-order chi connectivity index (χ0) is 11.5. The fourth-order valence-corrected chi connectivity index (χ4v) is 3.48. The Labute approximate surface area is 108 Å². The molecular weight excluding hydrogens is 228 g/mol. The van der Waals surface area contributed by atoms with Crippen LogP contribution < -0.4 is 5.32 Å². The number of thiophene rings is 1. The minimum absolute atomic E-state index is 0.740. The predicted octanol–water partition coefficient (Wildman–Crippen LogP) is 2.85. The first kappa shape index (κ1) is 11.7. The highest BCUT2D eigenvalue weighted by Crippen LogP contribution is 2.29. The van der Waals surface area contributed by atoms with E-state index in [1.165, 1.54) is 56.6 Å². The van der Waals surface area contributed by atoms with E-state index in [-0.39, 0.29) is 0 Å². The fourth-order valence-electron chi connectivity index (χ4n) is 2.75. The van der Waals surface area contributed by atoms with E-state index < -0.39 is 0 Å². The molecular formula is C14H22N2S. The summed E-state index contributed by atoms with van der Waals surface area (Å²) in [5, 5.41) is 5.87. The first-order valence-electron chi connectivity index (χ1n) is 6.91. The van der Waals surface area contributed by atoms with Crippen LogP contribution >= 0.6 is 11.3 Å². The Morgan fingerprint density at radius 2 is 2.24 bits per heavy atom. The lowest BCUT2D eigenvalue weighted by Crippen LogP contribution is -2.44. The molecule has 1 aliphatic carbocycles. The van der Waals surface area contributed by atoms with Gasteiger partial charge in [-0.25, -0.2) is 0 Å². The van der Waals surface area contributed by atoms with Crippen molar-refractivity contribution in [1.82, 2.24) is 10.2 Å². The van der Waals surface area contributed by atoms with E-state index >= 15 is 0 Å². The Morgan fingerprint density at radius 1 is 1.29 bits per heavy atom. The van der Waals surface area contributed by atoms with Crippen molar-refractivity contribution in [3.05, 3.63) is 22.4 Å². The van der Waals surface area contributed by atoms with Crippen molar-refractivity contribution in [2.75, 3.05) is 13.1 Å². The van der Waals surface area contributed by atoms with Crippen LogP contribution in [0.25, 0.3) is 0 Å². The maximum Gasteiger partial charge on any atom is 0.0331 e. The highest BCUT2D eigenvalue weighted by Gasteiger charge is 2.30. The molecule has 0 bridgehead atoms. The number of nitrogens with one attached hydrogen (secondary N) is 1. The molecule has 2 aliphatic rings. The Bertz CT molecular complexity index is 326. The summed E-state index contributed by atoms with van der Waals surface area (Å²) in [7, 11) is 0. The summed E-state index contributed by atoms with van der Waals surface area (Å²) in [4.78, 5) is 4.22. The molecule has 1 atom stereocenters. The molecule has 1 aromatic heterocycles. The second-order valence-corrected chi connectivity index (χ2v) is 6.42. The minimum atomic E-state index is 0.740. The van der Waals surface area contributed by atoms with Gasteiger partial charge in [-0.05, 0) is 43.7 Å². The van der Waals surface area contributed by atoms with Crippen molar-refractivity contribution in [2.24, 2.45) is 0 Å². The summed E-state index contributed by atoms with van der Waals surface area (Å²) in [6, 6.07) is 6.06. The molecule has 1 aromatic rings. The second kappa shape index (κ2) is 5.51. The molecule has 3 heteroatoms. The molecule has 1 saturated carbocycles. The SMILES string of the molecule is c1csc(CN(CC2CCCCN2)C2CC2)c1. The van der Waals surface area contributed by atoms with Crippen LogP contribution in [-0.4, -0.2) is 30.1 Å². The number of piperidine rings is 1. The van der Waals surface area contributed by atoms with Gasteiger partial charge < -0.3 is 5.32 Å². The normalized spacial score (nSPS) is 25.4. The van der Waals surface area contributed by atoms with E-state index in [0.29, 0.717) is 0 Å². The molecule has 1 N–H and O–H groups in total. The molecule has 1 unspecified atom stereocenters. The number of hydrogen-bond donors (Lipinski definition) is 1. The van der Waals surface area contributed by atoms with E-state index in [2.05, 4.69) is 27.7 Å². The van der Waals surface area contributed by atoms with Crippen LogP contribution in [0.2, 0.25) is 0 Å². The number of hydrogen-bond acceptors (Lipinski definition) is 3. The van der Waals surface area contributed by atoms with Gasteiger partial charge in [0, 0.05) is 30.1 Å². The second-order valence-electron chi connectivity index (χ2n) is 5.39. The maximum absolute atomic E-state index is 3.67. The third-order valence-electron chi connectivity index (χ3n) is 3.87. The Hall–Kier alpha value is -0.380. The fraction of sp³-hybridized carbons (Fsp3) is 0.714. The molecule has 3 rings (SSSR count). The monoisotopic (exact) mass is 250 g/mol. The summed E-state index contributed by atoms with van der Waals surface area (Å²) in [5.41, 5.74) is 0. The van der Waals surface area contributed by atoms with E-state index in [1.54, 1.807) is 0 Å². The smallest absolute Gasteiger partial charge is 0.0331 e. The molecule has 94 valence electrons. The highest BCUT2D eigenvalue weighted by molar-refractivity contribution is 7.09. The summed E-state index contributed by atoms with van der Waals surface area (Å²) in [6.45, 7) is 3.64. The van der Waals surface area contributed by atoms with Crippen molar-refractivity contribution in [2.45, 2.75) is 50.7 Å². The van der Waals surface area contributed by atoms with Crippen LogP contribution in [0.5, 0.6) is 0 Å². The van der Waals surface area contributed by atoms with Crippen molar-refractivity contribution < 1.29 is 0 Å². The van der Waals surface area contributed by atoms with Gasteiger partial charge in [0.15, 0.2) is 0 Å². The Kier molecular flexibility index (Phi) is 3.79. The Morgan fingerprint density at radius 3 is 2.88 bits per heavy atom. The van der Waals surface area contributed by atoms with Gasteiger partial charge in [-0.2, -0.15) is 0 Å². The van der Waals surface area contributed by atoms with Crippen molar-refractivity contribution in [1.29, 1.82) is 0 Å². The third kappa shape index (κ3) is 3.30. The van der Waals surface area contributed by atoms with Crippen LogP contribution in [0.1, 0.15) is 37.0 Å². The molecule has 0 amide bonds. The van der Waals surface area contributed by atoms with Crippen molar-refractivity contribution >= 4 is 11.3 Å². The lowest BCUT2D eigenvalue weighted by molar-refractivity contribution is 0.210. The van der Waals surface area contributed by atoms with Crippen molar-refractivity contribution in [3.8, 4) is 0 Å². The topological polar surface area (TPSA) is 15.3 Å². The summed E-state index contributed by atoms with van der Waals surface area (Å²) in [6.07, 6.45) is 6.98. The quantitative estimate of drug-likeness (QED) is 0.864. The zero-order valence-electron chi connectivity index (χ0n) is 10.4. The lowest BCUT2D eigenvalue weighted by Gasteiger charge is -2.30. The highest BCUT2D eigenvalue weighted by atomic mass is 32.1. The summed E-state index contributed by atoms with van der Waals surface area (Å²) < 4.78 is 0.